The zero-order chi connectivity index (χ0) is 16.1. The van der Waals surface area contributed by atoms with Gasteiger partial charge in [0, 0.05) is 25.6 Å². The van der Waals surface area contributed by atoms with Crippen molar-refractivity contribution < 1.29 is 19.5 Å². The zero-order valence-corrected chi connectivity index (χ0v) is 13.2. The second-order valence-corrected chi connectivity index (χ2v) is 6.48. The number of nitrogens with one attached hydrogen (secondary N) is 1. The summed E-state index contributed by atoms with van der Waals surface area (Å²) in [5.74, 6) is -1.15. The van der Waals surface area contributed by atoms with E-state index in [9.17, 15) is 14.4 Å². The maximum Gasteiger partial charge on any atom is 0.306 e. The van der Waals surface area contributed by atoms with Gasteiger partial charge in [-0.1, -0.05) is 6.92 Å². The van der Waals surface area contributed by atoms with Crippen molar-refractivity contribution in [3.63, 3.8) is 0 Å². The van der Waals surface area contributed by atoms with Crippen LogP contribution in [0.4, 0.5) is 0 Å². The highest BCUT2D eigenvalue weighted by molar-refractivity contribution is 5.81. The van der Waals surface area contributed by atoms with Crippen molar-refractivity contribution in [1.82, 2.24) is 10.2 Å². The molecule has 1 aliphatic carbocycles. The van der Waals surface area contributed by atoms with Crippen LogP contribution in [0.15, 0.2) is 0 Å². The second-order valence-electron chi connectivity index (χ2n) is 6.48. The van der Waals surface area contributed by atoms with E-state index >= 15 is 0 Å². The molecule has 6 nitrogen and oxygen atoms in total. The summed E-state index contributed by atoms with van der Waals surface area (Å²) in [5.41, 5.74) is 0. The van der Waals surface area contributed by atoms with Gasteiger partial charge in [0.15, 0.2) is 0 Å². The lowest BCUT2D eigenvalue weighted by atomic mass is 9.96. The lowest BCUT2D eigenvalue weighted by Gasteiger charge is -2.32. The van der Waals surface area contributed by atoms with Crippen LogP contribution in [0.1, 0.15) is 51.9 Å². The predicted molar refractivity (Wildman–Crippen MR) is 81.1 cm³/mol. The van der Waals surface area contributed by atoms with Crippen molar-refractivity contribution in [2.24, 2.45) is 11.8 Å². The number of carboxylic acids is 1. The van der Waals surface area contributed by atoms with Crippen LogP contribution < -0.4 is 5.32 Å². The van der Waals surface area contributed by atoms with E-state index in [2.05, 4.69) is 5.32 Å². The Morgan fingerprint density at radius 2 is 1.95 bits per heavy atom. The summed E-state index contributed by atoms with van der Waals surface area (Å²) in [6.07, 6.45) is 4.90. The molecule has 1 saturated heterocycles. The molecule has 0 aromatic carbocycles. The summed E-state index contributed by atoms with van der Waals surface area (Å²) < 4.78 is 0. The summed E-state index contributed by atoms with van der Waals surface area (Å²) >= 11 is 0. The van der Waals surface area contributed by atoms with Gasteiger partial charge in [0.25, 0.3) is 0 Å². The van der Waals surface area contributed by atoms with Gasteiger partial charge in [-0.05, 0) is 38.5 Å². The molecule has 0 unspecified atom stereocenters. The average molecular weight is 310 g/mol. The molecule has 2 rings (SSSR count). The number of carboxylic acid groups (broad SMARTS) is 1. The third-order valence-electron chi connectivity index (χ3n) is 4.74. The molecule has 1 saturated carbocycles. The fraction of sp³-hybridized carbons (Fsp3) is 0.812. The summed E-state index contributed by atoms with van der Waals surface area (Å²) in [4.78, 5) is 37.1. The minimum Gasteiger partial charge on any atom is -0.481 e. The van der Waals surface area contributed by atoms with E-state index in [0.29, 0.717) is 25.8 Å². The minimum atomic E-state index is -0.772. The van der Waals surface area contributed by atoms with Crippen molar-refractivity contribution in [1.29, 1.82) is 0 Å². The first-order chi connectivity index (χ1) is 10.5. The molecule has 0 aromatic rings. The highest BCUT2D eigenvalue weighted by Gasteiger charge is 2.33. The van der Waals surface area contributed by atoms with Crippen molar-refractivity contribution in [2.75, 3.05) is 13.1 Å². The lowest BCUT2D eigenvalue weighted by molar-refractivity contribution is -0.142. The lowest BCUT2D eigenvalue weighted by Crippen LogP contribution is -2.47. The Balaban J connectivity index is 1.82. The molecule has 124 valence electrons. The van der Waals surface area contributed by atoms with Crippen molar-refractivity contribution in [3.05, 3.63) is 0 Å². The van der Waals surface area contributed by atoms with Gasteiger partial charge in [-0.2, -0.15) is 0 Å². The number of rotatable bonds is 5. The van der Waals surface area contributed by atoms with Crippen LogP contribution >= 0.6 is 0 Å². The Kier molecular flexibility index (Phi) is 5.80. The van der Waals surface area contributed by atoms with Crippen LogP contribution in [0, 0.1) is 11.8 Å². The Morgan fingerprint density at radius 1 is 1.18 bits per heavy atom. The fourth-order valence-corrected chi connectivity index (χ4v) is 3.45. The Hall–Kier alpha value is -1.59. The number of hydrogen-bond acceptors (Lipinski definition) is 3. The van der Waals surface area contributed by atoms with Gasteiger partial charge < -0.3 is 15.3 Å². The molecule has 2 aliphatic rings. The average Bonchev–Trinajstić information content (AvgIpc) is 2.96. The highest BCUT2D eigenvalue weighted by Crippen LogP contribution is 2.26. The van der Waals surface area contributed by atoms with Crippen LogP contribution in [-0.2, 0) is 14.4 Å². The number of aliphatic carboxylic acids is 1. The highest BCUT2D eigenvalue weighted by atomic mass is 16.4. The third kappa shape index (κ3) is 4.21. The normalized spacial score (nSPS) is 28.4. The Bertz CT molecular complexity index is 438. The van der Waals surface area contributed by atoms with E-state index in [1.807, 2.05) is 6.92 Å². The summed E-state index contributed by atoms with van der Waals surface area (Å²) in [5, 5.41) is 12.0. The second kappa shape index (κ2) is 7.61. The minimum absolute atomic E-state index is 0.0231. The number of likely N-dealkylation sites (tertiary alicyclic amines) is 1. The standard InChI is InChI=1S/C16H26N2O4/c1-2-4-14(19)18-8-3-5-12(10-18)15(20)17-13-7-6-11(9-13)16(21)22/h11-13H,2-10H2,1H3,(H,17,20)(H,21,22)/t11-,12-,13+/m1/s1. The molecule has 0 aromatic heterocycles. The summed E-state index contributed by atoms with van der Waals surface area (Å²) in [6.45, 7) is 3.22. The number of amides is 2. The smallest absolute Gasteiger partial charge is 0.306 e. The molecular formula is C16H26N2O4. The fourth-order valence-electron chi connectivity index (χ4n) is 3.45. The first-order valence-electron chi connectivity index (χ1n) is 8.32. The molecular weight excluding hydrogens is 284 g/mol. The van der Waals surface area contributed by atoms with Crippen LogP contribution in [0.25, 0.3) is 0 Å². The molecule has 0 spiro atoms. The van der Waals surface area contributed by atoms with Crippen molar-refractivity contribution in [3.8, 4) is 0 Å². The van der Waals surface area contributed by atoms with Gasteiger partial charge in [0.2, 0.25) is 11.8 Å². The molecule has 1 aliphatic heterocycles. The van der Waals surface area contributed by atoms with E-state index in [4.69, 9.17) is 5.11 Å². The molecule has 0 bridgehead atoms. The first-order valence-corrected chi connectivity index (χ1v) is 8.32. The topological polar surface area (TPSA) is 86.7 Å². The number of nitrogens with zero attached hydrogens (tertiary/aromatic N) is 1. The van der Waals surface area contributed by atoms with E-state index < -0.39 is 5.97 Å². The third-order valence-corrected chi connectivity index (χ3v) is 4.74. The number of carbonyl (C=O) groups is 3. The molecule has 1 heterocycles. The van der Waals surface area contributed by atoms with Gasteiger partial charge in [-0.3, -0.25) is 14.4 Å². The molecule has 22 heavy (non-hydrogen) atoms. The van der Waals surface area contributed by atoms with Gasteiger partial charge in [0.05, 0.1) is 11.8 Å². The zero-order valence-electron chi connectivity index (χ0n) is 13.2. The van der Waals surface area contributed by atoms with Crippen molar-refractivity contribution >= 4 is 17.8 Å². The van der Waals surface area contributed by atoms with Gasteiger partial charge in [0.1, 0.15) is 0 Å². The van der Waals surface area contributed by atoms with Gasteiger partial charge in [-0.15, -0.1) is 0 Å². The maximum atomic E-state index is 12.4. The summed E-state index contributed by atoms with van der Waals surface area (Å²) in [6, 6.07) is -0.0321. The SMILES string of the molecule is CCCC(=O)N1CCC[C@@H](C(=O)N[C@H]2CC[C@@H](C(=O)O)C2)C1. The molecule has 2 fully saturated rings. The molecule has 2 N–H and O–H groups in total. The van der Waals surface area contributed by atoms with Gasteiger partial charge >= 0.3 is 5.97 Å². The number of carbonyl (C=O) groups excluding carboxylic acids is 2. The Morgan fingerprint density at radius 3 is 2.59 bits per heavy atom. The molecule has 2 amide bonds. The monoisotopic (exact) mass is 310 g/mol. The van der Waals surface area contributed by atoms with Crippen LogP contribution in [0.5, 0.6) is 0 Å². The van der Waals surface area contributed by atoms with E-state index in [0.717, 1.165) is 32.2 Å². The number of hydrogen-bond donors (Lipinski definition) is 2. The van der Waals surface area contributed by atoms with Crippen molar-refractivity contribution in [2.45, 2.75) is 57.9 Å². The Labute approximate surface area is 131 Å². The van der Waals surface area contributed by atoms with E-state index in [-0.39, 0.29) is 29.7 Å². The largest absolute Gasteiger partial charge is 0.481 e. The van der Waals surface area contributed by atoms with Gasteiger partial charge in [-0.25, -0.2) is 0 Å². The van der Waals surface area contributed by atoms with E-state index in [1.165, 1.54) is 0 Å². The number of piperidine rings is 1. The van der Waals surface area contributed by atoms with Crippen LogP contribution in [-0.4, -0.2) is 46.9 Å². The first kappa shape index (κ1) is 16.8. The quantitative estimate of drug-likeness (QED) is 0.803. The van der Waals surface area contributed by atoms with Crippen LogP contribution in [0.3, 0.4) is 0 Å². The maximum absolute atomic E-state index is 12.4. The molecule has 3 atom stereocenters. The summed E-state index contributed by atoms with van der Waals surface area (Å²) in [7, 11) is 0. The van der Waals surface area contributed by atoms with E-state index in [1.54, 1.807) is 4.90 Å². The van der Waals surface area contributed by atoms with Crippen LogP contribution in [0.2, 0.25) is 0 Å². The predicted octanol–water partition coefficient (Wildman–Crippen LogP) is 1.39. The molecule has 0 radical (unpaired) electrons. The molecule has 6 heteroatoms.